The Labute approximate surface area is 123 Å². The number of carbonyl (C=O) groups is 2. The average molecular weight is 300 g/mol. The lowest BCUT2D eigenvalue weighted by molar-refractivity contribution is -0.109. The van der Waals surface area contributed by atoms with Crippen LogP contribution in [0.2, 0.25) is 5.02 Å². The van der Waals surface area contributed by atoms with Crippen molar-refractivity contribution in [3.05, 3.63) is 29.3 Å². The van der Waals surface area contributed by atoms with Crippen molar-refractivity contribution in [2.24, 2.45) is 0 Å². The zero-order valence-electron chi connectivity index (χ0n) is 11.6. The maximum atomic E-state index is 11.8. The van der Waals surface area contributed by atoms with Crippen molar-refractivity contribution in [2.45, 2.75) is 26.4 Å². The van der Waals surface area contributed by atoms with Crippen LogP contribution in [0.4, 0.5) is 10.5 Å². The zero-order chi connectivity index (χ0) is 15.2. The van der Waals surface area contributed by atoms with Crippen molar-refractivity contribution in [1.82, 2.24) is 10.5 Å². The van der Waals surface area contributed by atoms with Crippen LogP contribution in [-0.4, -0.2) is 29.5 Å². The molecule has 0 heterocycles. The van der Waals surface area contributed by atoms with Crippen LogP contribution in [0.1, 0.15) is 20.8 Å². The molecule has 0 aliphatic carbocycles. The van der Waals surface area contributed by atoms with Gasteiger partial charge in [-0.25, -0.2) is 9.80 Å². The van der Waals surface area contributed by atoms with Gasteiger partial charge in [-0.05, 0) is 45.0 Å². The van der Waals surface area contributed by atoms with E-state index in [0.29, 0.717) is 17.0 Å². The minimum absolute atomic E-state index is 0.143. The molecule has 7 heteroatoms. The first-order valence-electron chi connectivity index (χ1n) is 6.03. The van der Waals surface area contributed by atoms with Crippen LogP contribution in [0.15, 0.2) is 24.3 Å². The van der Waals surface area contributed by atoms with Crippen LogP contribution in [-0.2, 0) is 9.53 Å². The van der Waals surface area contributed by atoms with Gasteiger partial charge in [-0.15, -0.1) is 5.53 Å². The van der Waals surface area contributed by atoms with Gasteiger partial charge in [0.2, 0.25) is 0 Å². The molecule has 0 spiro atoms. The molecule has 1 rings (SSSR count). The Morgan fingerprint density at radius 3 is 2.45 bits per heavy atom. The highest BCUT2D eigenvalue weighted by Crippen LogP contribution is 2.13. The lowest BCUT2D eigenvalue weighted by Crippen LogP contribution is -2.48. The Kier molecular flexibility index (Phi) is 5.79. The Hall–Kier alpha value is -1.79. The van der Waals surface area contributed by atoms with E-state index >= 15 is 0 Å². The van der Waals surface area contributed by atoms with Gasteiger partial charge in [0.1, 0.15) is 11.9 Å². The van der Waals surface area contributed by atoms with E-state index in [4.69, 9.17) is 16.3 Å². The Bertz CT molecular complexity index is 457. The molecule has 0 fully saturated rings. The number of hydrazine groups is 2. The van der Waals surface area contributed by atoms with Crippen molar-refractivity contribution >= 4 is 29.7 Å². The first-order chi connectivity index (χ1) is 9.31. The van der Waals surface area contributed by atoms with Crippen molar-refractivity contribution in [3.8, 4) is 0 Å². The highest BCUT2D eigenvalue weighted by Gasteiger charge is 2.21. The first-order valence-corrected chi connectivity index (χ1v) is 6.41. The molecule has 110 valence electrons. The summed E-state index contributed by atoms with van der Waals surface area (Å²) in [6.45, 7) is 5.10. The smallest absolute Gasteiger partial charge is 0.426 e. The zero-order valence-corrected chi connectivity index (χ0v) is 12.4. The van der Waals surface area contributed by atoms with Crippen LogP contribution < -0.4 is 11.0 Å². The number of ether oxygens (including phenoxy) is 1. The molecule has 0 aliphatic heterocycles. The summed E-state index contributed by atoms with van der Waals surface area (Å²) < 4.78 is 5.16. The van der Waals surface area contributed by atoms with Crippen LogP contribution in [0.25, 0.3) is 0 Å². The molecule has 1 aromatic carbocycles. The van der Waals surface area contributed by atoms with Gasteiger partial charge in [-0.2, -0.15) is 0 Å². The number of rotatable bonds is 5. The van der Waals surface area contributed by atoms with Gasteiger partial charge in [-0.3, -0.25) is 0 Å². The fourth-order valence-corrected chi connectivity index (χ4v) is 1.35. The molecule has 2 N–H and O–H groups in total. The summed E-state index contributed by atoms with van der Waals surface area (Å²) in [4.78, 5) is 22.5. The van der Waals surface area contributed by atoms with Crippen LogP contribution in [0.3, 0.4) is 0 Å². The molecule has 0 atom stereocenters. The average Bonchev–Trinajstić information content (AvgIpc) is 2.34. The predicted octanol–water partition coefficient (Wildman–Crippen LogP) is 2.61. The van der Waals surface area contributed by atoms with Crippen molar-refractivity contribution in [1.29, 1.82) is 0 Å². The molecule has 0 radical (unpaired) electrons. The lowest BCUT2D eigenvalue weighted by Gasteiger charge is -2.26. The Balaban J connectivity index is 2.60. The topological polar surface area (TPSA) is 70.7 Å². The second-order valence-electron chi connectivity index (χ2n) is 5.00. The Morgan fingerprint density at radius 1 is 1.35 bits per heavy atom. The standard InChI is InChI=1S/C13H18ClN3O3/c1-13(2,3)20-12(19)17(8-9-18)16-15-11-6-4-10(14)5-7-11/h4-7,9,15-16H,8H2,1-3H3. The largest absolute Gasteiger partial charge is 0.443 e. The van der Waals surface area contributed by atoms with Gasteiger partial charge in [0.05, 0.1) is 12.2 Å². The predicted molar refractivity (Wildman–Crippen MR) is 77.2 cm³/mol. The number of hydrogen-bond donors (Lipinski definition) is 2. The van der Waals surface area contributed by atoms with E-state index in [2.05, 4.69) is 11.0 Å². The SMILES string of the molecule is CC(C)(C)OC(=O)N(CC=O)NNc1ccc(Cl)cc1. The third kappa shape index (κ3) is 5.90. The highest BCUT2D eigenvalue weighted by atomic mass is 35.5. The normalized spacial score (nSPS) is 10.8. The molecular weight excluding hydrogens is 282 g/mol. The maximum Gasteiger partial charge on any atom is 0.426 e. The number of hydrogen-bond acceptors (Lipinski definition) is 5. The molecule has 0 bridgehead atoms. The number of nitrogens with zero attached hydrogens (tertiary/aromatic N) is 1. The summed E-state index contributed by atoms with van der Waals surface area (Å²) in [5.74, 6) is 0. The highest BCUT2D eigenvalue weighted by molar-refractivity contribution is 6.30. The van der Waals surface area contributed by atoms with E-state index in [1.807, 2.05) is 0 Å². The summed E-state index contributed by atoms with van der Waals surface area (Å²) in [5.41, 5.74) is 5.44. The number of nitrogens with one attached hydrogen (secondary N) is 2. The third-order valence-corrected chi connectivity index (χ3v) is 2.30. The molecular formula is C13H18ClN3O3. The van der Waals surface area contributed by atoms with Crippen molar-refractivity contribution < 1.29 is 14.3 Å². The van der Waals surface area contributed by atoms with E-state index in [9.17, 15) is 9.59 Å². The molecule has 0 aliphatic rings. The Morgan fingerprint density at radius 2 is 1.95 bits per heavy atom. The maximum absolute atomic E-state index is 11.8. The molecule has 6 nitrogen and oxygen atoms in total. The van der Waals surface area contributed by atoms with Gasteiger partial charge < -0.3 is 15.0 Å². The van der Waals surface area contributed by atoms with E-state index in [0.717, 1.165) is 5.01 Å². The molecule has 0 aromatic heterocycles. The quantitative estimate of drug-likeness (QED) is 0.646. The van der Waals surface area contributed by atoms with Crippen LogP contribution >= 0.6 is 11.6 Å². The van der Waals surface area contributed by atoms with E-state index in [-0.39, 0.29) is 6.54 Å². The summed E-state index contributed by atoms with van der Waals surface area (Å²) in [6, 6.07) is 6.85. The van der Waals surface area contributed by atoms with Gasteiger partial charge in [0.15, 0.2) is 0 Å². The summed E-state index contributed by atoms with van der Waals surface area (Å²) in [7, 11) is 0. The van der Waals surface area contributed by atoms with Gasteiger partial charge in [-0.1, -0.05) is 11.6 Å². The number of amides is 1. The molecule has 0 saturated heterocycles. The minimum Gasteiger partial charge on any atom is -0.443 e. The fourth-order valence-electron chi connectivity index (χ4n) is 1.22. The van der Waals surface area contributed by atoms with Crippen LogP contribution in [0, 0.1) is 0 Å². The second kappa shape index (κ2) is 7.12. The van der Waals surface area contributed by atoms with Gasteiger partial charge in [0, 0.05) is 5.02 Å². The summed E-state index contributed by atoms with van der Waals surface area (Å²) >= 11 is 5.77. The summed E-state index contributed by atoms with van der Waals surface area (Å²) in [5, 5.41) is 1.64. The fraction of sp³-hybridized carbons (Fsp3) is 0.385. The number of anilines is 1. The molecule has 0 saturated carbocycles. The van der Waals surface area contributed by atoms with Gasteiger partial charge >= 0.3 is 6.09 Å². The molecule has 1 amide bonds. The monoisotopic (exact) mass is 299 g/mol. The molecule has 1 aromatic rings. The number of benzene rings is 1. The van der Waals surface area contributed by atoms with E-state index in [1.54, 1.807) is 45.0 Å². The number of aldehydes is 1. The number of halogens is 1. The first kappa shape index (κ1) is 16.3. The second-order valence-corrected chi connectivity index (χ2v) is 5.44. The van der Waals surface area contributed by atoms with Gasteiger partial charge in [0.25, 0.3) is 0 Å². The van der Waals surface area contributed by atoms with Crippen molar-refractivity contribution in [2.75, 3.05) is 12.0 Å². The van der Waals surface area contributed by atoms with E-state index in [1.165, 1.54) is 0 Å². The lowest BCUT2D eigenvalue weighted by atomic mass is 10.2. The summed E-state index contributed by atoms with van der Waals surface area (Å²) in [6.07, 6.45) is -0.0495. The minimum atomic E-state index is -0.647. The van der Waals surface area contributed by atoms with E-state index < -0.39 is 11.7 Å². The van der Waals surface area contributed by atoms with Crippen LogP contribution in [0.5, 0.6) is 0 Å². The van der Waals surface area contributed by atoms with Crippen molar-refractivity contribution in [3.63, 3.8) is 0 Å². The number of carbonyl (C=O) groups excluding carboxylic acids is 2. The molecule has 0 unspecified atom stereocenters. The molecule has 20 heavy (non-hydrogen) atoms. The third-order valence-electron chi connectivity index (χ3n) is 2.05.